The summed E-state index contributed by atoms with van der Waals surface area (Å²) in [6.07, 6.45) is 80.0. The van der Waals surface area contributed by atoms with E-state index < -0.39 is 12.1 Å². The maximum Gasteiger partial charge on any atom is 0.220 e. The van der Waals surface area contributed by atoms with Gasteiger partial charge in [-0.25, -0.2) is 0 Å². The lowest BCUT2D eigenvalue weighted by molar-refractivity contribution is -0.123. The number of aliphatic hydroxyl groups excluding tert-OH is 2. The summed E-state index contributed by atoms with van der Waals surface area (Å²) in [5.41, 5.74) is 0. The first-order valence-electron chi connectivity index (χ1n) is 29.9. The van der Waals surface area contributed by atoms with Gasteiger partial charge in [0.2, 0.25) is 5.91 Å². The molecule has 0 saturated carbocycles. The van der Waals surface area contributed by atoms with E-state index in [9.17, 15) is 15.0 Å². The molecule has 1 amide bonds. The monoisotopic (exact) mass is 924 g/mol. The van der Waals surface area contributed by atoms with E-state index in [0.717, 1.165) is 38.5 Å². The van der Waals surface area contributed by atoms with Crippen molar-refractivity contribution in [1.29, 1.82) is 0 Å². The lowest BCUT2D eigenvalue weighted by Gasteiger charge is -2.19. The summed E-state index contributed by atoms with van der Waals surface area (Å²) >= 11 is 0. The van der Waals surface area contributed by atoms with Crippen LogP contribution in [0.25, 0.3) is 0 Å². The van der Waals surface area contributed by atoms with Crippen LogP contribution < -0.4 is 5.32 Å². The van der Waals surface area contributed by atoms with E-state index in [2.05, 4.69) is 55.6 Å². The highest BCUT2D eigenvalue weighted by atomic mass is 16.3. The van der Waals surface area contributed by atoms with E-state index in [1.54, 1.807) is 6.08 Å². The van der Waals surface area contributed by atoms with E-state index in [-0.39, 0.29) is 12.5 Å². The standard InChI is InChI=1S/C62H117NO3/c1-3-5-7-9-11-13-15-17-19-21-23-25-27-29-30-31-32-34-36-38-40-42-44-46-48-50-52-54-56-58-62(66)63-60(59-64)61(65)57-55-53-51-49-47-45-43-41-39-37-35-33-28-26-24-22-20-18-16-14-12-10-8-6-4-2/h23,25,29-30,47,49,55,57,60-61,64-65H,3-22,24,26-28,31-46,48,50-54,56,58-59H2,1-2H3,(H,63,66)/b25-23-,30-29-,49-47+,57-55+. The van der Waals surface area contributed by atoms with Crippen LogP contribution in [0.1, 0.15) is 322 Å². The van der Waals surface area contributed by atoms with Crippen molar-refractivity contribution in [3.63, 3.8) is 0 Å². The molecule has 0 aliphatic rings. The minimum absolute atomic E-state index is 0.0711. The van der Waals surface area contributed by atoms with Crippen LogP contribution in [0.15, 0.2) is 48.6 Å². The van der Waals surface area contributed by atoms with E-state index >= 15 is 0 Å². The van der Waals surface area contributed by atoms with Crippen molar-refractivity contribution in [3.8, 4) is 0 Å². The van der Waals surface area contributed by atoms with Gasteiger partial charge in [0.15, 0.2) is 0 Å². The molecule has 0 aliphatic heterocycles. The number of hydrogen-bond donors (Lipinski definition) is 3. The predicted molar refractivity (Wildman–Crippen MR) is 295 cm³/mol. The van der Waals surface area contributed by atoms with Crippen molar-refractivity contribution in [2.24, 2.45) is 0 Å². The van der Waals surface area contributed by atoms with Crippen molar-refractivity contribution in [3.05, 3.63) is 48.6 Å². The molecule has 3 N–H and O–H groups in total. The zero-order chi connectivity index (χ0) is 47.7. The number of carbonyl (C=O) groups excluding carboxylic acids is 1. The van der Waals surface area contributed by atoms with Gasteiger partial charge in [-0.05, 0) is 64.2 Å². The third-order valence-electron chi connectivity index (χ3n) is 13.8. The van der Waals surface area contributed by atoms with Crippen LogP contribution in [-0.2, 0) is 4.79 Å². The Morgan fingerprint density at radius 2 is 0.636 bits per heavy atom. The number of hydrogen-bond acceptors (Lipinski definition) is 3. The van der Waals surface area contributed by atoms with Crippen molar-refractivity contribution >= 4 is 5.91 Å². The molecule has 4 nitrogen and oxygen atoms in total. The van der Waals surface area contributed by atoms with Gasteiger partial charge in [-0.1, -0.05) is 300 Å². The normalized spacial score (nSPS) is 13.1. The second-order valence-electron chi connectivity index (χ2n) is 20.4. The van der Waals surface area contributed by atoms with E-state index in [1.165, 1.54) is 263 Å². The van der Waals surface area contributed by atoms with Gasteiger partial charge in [0, 0.05) is 6.42 Å². The Bertz CT molecular complexity index is 1050. The molecule has 4 heteroatoms. The van der Waals surface area contributed by atoms with Crippen LogP contribution in [0, 0.1) is 0 Å². The average molecular weight is 925 g/mol. The van der Waals surface area contributed by atoms with Crippen LogP contribution in [0.2, 0.25) is 0 Å². The fourth-order valence-electron chi connectivity index (χ4n) is 9.23. The highest BCUT2D eigenvalue weighted by Crippen LogP contribution is 2.17. The molecular weight excluding hydrogens is 807 g/mol. The van der Waals surface area contributed by atoms with Gasteiger partial charge in [-0.15, -0.1) is 0 Å². The molecule has 388 valence electrons. The molecule has 0 heterocycles. The topological polar surface area (TPSA) is 69.6 Å². The maximum absolute atomic E-state index is 12.5. The number of aliphatic hydroxyl groups is 2. The molecule has 0 fully saturated rings. The summed E-state index contributed by atoms with van der Waals surface area (Å²) in [7, 11) is 0. The van der Waals surface area contributed by atoms with Gasteiger partial charge in [0.25, 0.3) is 0 Å². The molecule has 0 aromatic heterocycles. The molecule has 0 saturated heterocycles. The lowest BCUT2D eigenvalue weighted by atomic mass is 10.0. The number of allylic oxidation sites excluding steroid dienone is 7. The van der Waals surface area contributed by atoms with Crippen molar-refractivity contribution < 1.29 is 15.0 Å². The summed E-state index contributed by atoms with van der Waals surface area (Å²) in [6, 6.07) is -0.641. The first kappa shape index (κ1) is 64.3. The molecule has 2 atom stereocenters. The van der Waals surface area contributed by atoms with Gasteiger partial charge in [0.1, 0.15) is 0 Å². The van der Waals surface area contributed by atoms with Crippen LogP contribution in [0.4, 0.5) is 0 Å². The number of carbonyl (C=O) groups is 1. The average Bonchev–Trinajstić information content (AvgIpc) is 3.32. The zero-order valence-corrected chi connectivity index (χ0v) is 44.7. The summed E-state index contributed by atoms with van der Waals surface area (Å²) in [6.45, 7) is 4.33. The third-order valence-corrected chi connectivity index (χ3v) is 13.8. The Labute approximate surface area is 414 Å². The Morgan fingerprint density at radius 1 is 0.364 bits per heavy atom. The maximum atomic E-state index is 12.5. The molecule has 0 aliphatic carbocycles. The Kier molecular flexibility index (Phi) is 56.2. The highest BCUT2D eigenvalue weighted by Gasteiger charge is 2.18. The molecule has 0 spiro atoms. The molecule has 0 bridgehead atoms. The first-order chi connectivity index (χ1) is 32.7. The van der Waals surface area contributed by atoms with Crippen molar-refractivity contribution in [2.75, 3.05) is 6.61 Å². The van der Waals surface area contributed by atoms with Crippen molar-refractivity contribution in [1.82, 2.24) is 5.32 Å². The Morgan fingerprint density at radius 3 is 0.970 bits per heavy atom. The Hall–Kier alpha value is -1.65. The molecule has 0 radical (unpaired) electrons. The first-order valence-corrected chi connectivity index (χ1v) is 29.9. The van der Waals surface area contributed by atoms with Crippen LogP contribution in [0.5, 0.6) is 0 Å². The molecular formula is C62H117NO3. The SMILES string of the molecule is CCCCCCCCCCC/C=C\C/C=C\CCCCCCCCCCCCCCCC(=O)NC(CO)C(O)/C=C/CC/C=C/CCCCCCCCCCCCCCCCCCCCC. The second kappa shape index (κ2) is 57.7. The summed E-state index contributed by atoms with van der Waals surface area (Å²) in [5.74, 6) is -0.0711. The summed E-state index contributed by atoms with van der Waals surface area (Å²) < 4.78 is 0. The summed E-state index contributed by atoms with van der Waals surface area (Å²) in [5, 5.41) is 23.2. The number of unbranched alkanes of at least 4 members (excludes halogenated alkanes) is 42. The second-order valence-corrected chi connectivity index (χ2v) is 20.4. The Balaban J connectivity index is 3.51. The van der Waals surface area contributed by atoms with E-state index in [0.29, 0.717) is 6.42 Å². The van der Waals surface area contributed by atoms with Gasteiger partial charge >= 0.3 is 0 Å². The molecule has 2 unspecified atom stereocenters. The fourth-order valence-corrected chi connectivity index (χ4v) is 9.23. The molecule has 0 aromatic rings. The number of rotatable bonds is 55. The van der Waals surface area contributed by atoms with Gasteiger partial charge in [-0.3, -0.25) is 4.79 Å². The minimum atomic E-state index is -0.864. The zero-order valence-electron chi connectivity index (χ0n) is 44.7. The number of nitrogens with one attached hydrogen (secondary N) is 1. The van der Waals surface area contributed by atoms with E-state index in [4.69, 9.17) is 0 Å². The smallest absolute Gasteiger partial charge is 0.220 e. The highest BCUT2D eigenvalue weighted by molar-refractivity contribution is 5.76. The lowest BCUT2D eigenvalue weighted by Crippen LogP contribution is -2.45. The van der Waals surface area contributed by atoms with Gasteiger partial charge in [0.05, 0.1) is 18.8 Å². The fraction of sp³-hybridized carbons (Fsp3) is 0.855. The third kappa shape index (κ3) is 53.3. The largest absolute Gasteiger partial charge is 0.394 e. The molecule has 0 rings (SSSR count). The molecule has 66 heavy (non-hydrogen) atoms. The predicted octanol–water partition coefficient (Wildman–Crippen LogP) is 19.8. The number of amides is 1. The van der Waals surface area contributed by atoms with Gasteiger partial charge in [-0.2, -0.15) is 0 Å². The van der Waals surface area contributed by atoms with Gasteiger partial charge < -0.3 is 15.5 Å². The van der Waals surface area contributed by atoms with Crippen molar-refractivity contribution in [2.45, 2.75) is 334 Å². The minimum Gasteiger partial charge on any atom is -0.394 e. The van der Waals surface area contributed by atoms with E-state index in [1.807, 2.05) is 6.08 Å². The van der Waals surface area contributed by atoms with Crippen LogP contribution in [-0.4, -0.2) is 34.9 Å². The molecule has 0 aromatic carbocycles. The quantitative estimate of drug-likeness (QED) is 0.0420. The van der Waals surface area contributed by atoms with Crippen LogP contribution >= 0.6 is 0 Å². The van der Waals surface area contributed by atoms with Crippen LogP contribution in [0.3, 0.4) is 0 Å². The summed E-state index contributed by atoms with van der Waals surface area (Å²) in [4.78, 5) is 12.5.